The largest absolute Gasteiger partial charge is 0.477 e. The minimum Gasteiger partial charge on any atom is -0.477 e. The number of benzene rings is 1. The standard InChI is InChI=1S/C9H6ClF3O2/c10-6-3-1-2-5(7(6)11)4-9(12,13)8(14)15/h1-3H,4H2,(H,14,15). The molecule has 0 fully saturated rings. The summed E-state index contributed by atoms with van der Waals surface area (Å²) < 4.78 is 38.6. The van der Waals surface area contributed by atoms with Gasteiger partial charge in [0.05, 0.1) is 11.4 Å². The zero-order valence-corrected chi connectivity index (χ0v) is 8.06. The van der Waals surface area contributed by atoms with Crippen molar-refractivity contribution in [2.24, 2.45) is 0 Å². The Kier molecular flexibility index (Phi) is 3.24. The maximum absolute atomic E-state index is 13.1. The van der Waals surface area contributed by atoms with E-state index in [1.807, 2.05) is 0 Å². The second-order valence-electron chi connectivity index (χ2n) is 2.90. The summed E-state index contributed by atoms with van der Waals surface area (Å²) in [4.78, 5) is 10.1. The second-order valence-corrected chi connectivity index (χ2v) is 3.31. The lowest BCUT2D eigenvalue weighted by molar-refractivity contribution is -0.164. The summed E-state index contributed by atoms with van der Waals surface area (Å²) in [6, 6.07) is 3.54. The zero-order chi connectivity index (χ0) is 11.6. The molecule has 0 heterocycles. The number of aliphatic carboxylic acids is 1. The Labute approximate surface area is 88.3 Å². The number of halogens is 4. The highest BCUT2D eigenvalue weighted by atomic mass is 35.5. The molecule has 1 N–H and O–H groups in total. The van der Waals surface area contributed by atoms with Crippen molar-refractivity contribution in [1.82, 2.24) is 0 Å². The van der Waals surface area contributed by atoms with Gasteiger partial charge in [0.1, 0.15) is 5.82 Å². The van der Waals surface area contributed by atoms with E-state index in [4.69, 9.17) is 16.7 Å². The van der Waals surface area contributed by atoms with Gasteiger partial charge in [0.2, 0.25) is 0 Å². The molecule has 0 unspecified atom stereocenters. The van der Waals surface area contributed by atoms with Gasteiger partial charge in [-0.25, -0.2) is 9.18 Å². The Morgan fingerprint density at radius 2 is 2.07 bits per heavy atom. The molecule has 6 heteroatoms. The van der Waals surface area contributed by atoms with E-state index in [1.165, 1.54) is 12.1 Å². The Balaban J connectivity index is 3.00. The highest BCUT2D eigenvalue weighted by Crippen LogP contribution is 2.25. The molecule has 0 spiro atoms. The van der Waals surface area contributed by atoms with Crippen LogP contribution >= 0.6 is 11.6 Å². The molecule has 0 saturated carbocycles. The van der Waals surface area contributed by atoms with E-state index in [-0.39, 0.29) is 5.02 Å². The van der Waals surface area contributed by atoms with Gasteiger partial charge >= 0.3 is 11.9 Å². The smallest absolute Gasteiger partial charge is 0.374 e. The van der Waals surface area contributed by atoms with Crippen LogP contribution in [0.4, 0.5) is 13.2 Å². The third-order valence-electron chi connectivity index (χ3n) is 1.76. The van der Waals surface area contributed by atoms with Gasteiger partial charge in [-0.1, -0.05) is 23.7 Å². The highest BCUT2D eigenvalue weighted by Gasteiger charge is 2.39. The van der Waals surface area contributed by atoms with Gasteiger partial charge in [-0.05, 0) is 11.6 Å². The molecular formula is C9H6ClF3O2. The summed E-state index contributed by atoms with van der Waals surface area (Å²) in [5, 5.41) is 7.85. The van der Waals surface area contributed by atoms with E-state index in [1.54, 1.807) is 0 Å². The van der Waals surface area contributed by atoms with Crippen molar-refractivity contribution in [2.75, 3.05) is 0 Å². The Morgan fingerprint density at radius 1 is 1.47 bits per heavy atom. The fraction of sp³-hybridized carbons (Fsp3) is 0.222. The lowest BCUT2D eigenvalue weighted by atomic mass is 10.1. The summed E-state index contributed by atoms with van der Waals surface area (Å²) in [5.41, 5.74) is -0.421. The minimum absolute atomic E-state index is 0.311. The number of alkyl halides is 2. The van der Waals surface area contributed by atoms with Crippen molar-refractivity contribution in [3.8, 4) is 0 Å². The lowest BCUT2D eigenvalue weighted by Crippen LogP contribution is -2.31. The normalized spacial score (nSPS) is 11.5. The molecule has 1 rings (SSSR count). The number of carboxylic acids is 1. The van der Waals surface area contributed by atoms with Crippen LogP contribution in [0, 0.1) is 5.82 Å². The van der Waals surface area contributed by atoms with E-state index < -0.39 is 29.7 Å². The summed E-state index contributed by atoms with van der Waals surface area (Å²) in [5.74, 6) is -7.30. The van der Waals surface area contributed by atoms with Gasteiger partial charge in [-0.3, -0.25) is 0 Å². The molecular weight excluding hydrogens is 233 g/mol. The second kappa shape index (κ2) is 4.10. The highest BCUT2D eigenvalue weighted by molar-refractivity contribution is 6.30. The van der Waals surface area contributed by atoms with Gasteiger partial charge in [0, 0.05) is 0 Å². The van der Waals surface area contributed by atoms with Crippen LogP contribution in [0.25, 0.3) is 0 Å². The first kappa shape index (κ1) is 11.8. The SMILES string of the molecule is O=C(O)C(F)(F)Cc1cccc(Cl)c1F. The summed E-state index contributed by atoms with van der Waals surface area (Å²) in [6.07, 6.45) is -1.21. The number of rotatable bonds is 3. The first-order valence-corrected chi connectivity index (χ1v) is 4.26. The first-order valence-electron chi connectivity index (χ1n) is 3.88. The van der Waals surface area contributed by atoms with Crippen molar-refractivity contribution in [3.05, 3.63) is 34.6 Å². The summed E-state index contributed by atoms with van der Waals surface area (Å²) in [6.45, 7) is 0. The van der Waals surface area contributed by atoms with E-state index in [9.17, 15) is 18.0 Å². The summed E-state index contributed by atoms with van der Waals surface area (Å²) in [7, 11) is 0. The molecule has 82 valence electrons. The van der Waals surface area contributed by atoms with Crippen LogP contribution in [0.1, 0.15) is 5.56 Å². The fourth-order valence-electron chi connectivity index (χ4n) is 1.000. The first-order chi connectivity index (χ1) is 6.84. The van der Waals surface area contributed by atoms with Gasteiger partial charge in [0.15, 0.2) is 0 Å². The van der Waals surface area contributed by atoms with Crippen molar-refractivity contribution in [2.45, 2.75) is 12.3 Å². The minimum atomic E-state index is -3.99. The number of hydrogen-bond acceptors (Lipinski definition) is 1. The third-order valence-corrected chi connectivity index (χ3v) is 2.05. The number of carbonyl (C=O) groups is 1. The maximum Gasteiger partial charge on any atom is 0.374 e. The molecule has 1 aromatic rings. The van der Waals surface area contributed by atoms with Crippen LogP contribution in [0.3, 0.4) is 0 Å². The van der Waals surface area contributed by atoms with Crippen LogP contribution < -0.4 is 0 Å². The van der Waals surface area contributed by atoms with Crippen molar-refractivity contribution >= 4 is 17.6 Å². The van der Waals surface area contributed by atoms with Crippen molar-refractivity contribution in [1.29, 1.82) is 0 Å². The molecule has 0 aromatic heterocycles. The number of carboxylic acid groups (broad SMARTS) is 1. The quantitative estimate of drug-likeness (QED) is 0.879. The molecule has 0 radical (unpaired) electrons. The van der Waals surface area contributed by atoms with Crippen LogP contribution in [0.2, 0.25) is 5.02 Å². The molecule has 15 heavy (non-hydrogen) atoms. The molecule has 2 nitrogen and oxygen atoms in total. The van der Waals surface area contributed by atoms with Crippen LogP contribution in [-0.2, 0) is 11.2 Å². The fourth-order valence-corrected chi connectivity index (χ4v) is 1.19. The van der Waals surface area contributed by atoms with Crippen molar-refractivity contribution < 1.29 is 23.1 Å². The monoisotopic (exact) mass is 238 g/mol. The van der Waals surface area contributed by atoms with Gasteiger partial charge in [-0.2, -0.15) is 8.78 Å². The van der Waals surface area contributed by atoms with E-state index in [0.29, 0.717) is 0 Å². The van der Waals surface area contributed by atoms with E-state index in [0.717, 1.165) is 6.07 Å². The predicted octanol–water partition coefficient (Wildman–Crippen LogP) is 2.74. The van der Waals surface area contributed by atoms with Crippen LogP contribution in [-0.4, -0.2) is 17.0 Å². The summed E-state index contributed by atoms with van der Waals surface area (Å²) >= 11 is 5.35. The maximum atomic E-state index is 13.1. The molecule has 1 aromatic carbocycles. The average molecular weight is 239 g/mol. The predicted molar refractivity (Wildman–Crippen MR) is 47.7 cm³/mol. The Hall–Kier alpha value is -1.23. The average Bonchev–Trinajstić information content (AvgIpc) is 2.12. The Morgan fingerprint density at radius 3 is 2.60 bits per heavy atom. The molecule has 0 aliphatic rings. The lowest BCUT2D eigenvalue weighted by Gasteiger charge is -2.11. The van der Waals surface area contributed by atoms with Gasteiger partial charge in [-0.15, -0.1) is 0 Å². The van der Waals surface area contributed by atoms with Crippen LogP contribution in [0.5, 0.6) is 0 Å². The number of hydrogen-bond donors (Lipinski definition) is 1. The van der Waals surface area contributed by atoms with Crippen molar-refractivity contribution in [3.63, 3.8) is 0 Å². The molecule has 0 atom stereocenters. The topological polar surface area (TPSA) is 37.3 Å². The van der Waals surface area contributed by atoms with E-state index in [2.05, 4.69) is 0 Å². The molecule has 0 saturated heterocycles. The molecule has 0 aliphatic carbocycles. The zero-order valence-electron chi connectivity index (χ0n) is 7.31. The third kappa shape index (κ3) is 2.62. The molecule has 0 bridgehead atoms. The molecule has 0 amide bonds. The Bertz CT molecular complexity index is 393. The van der Waals surface area contributed by atoms with Crippen LogP contribution in [0.15, 0.2) is 18.2 Å². The van der Waals surface area contributed by atoms with Gasteiger partial charge < -0.3 is 5.11 Å². The molecule has 0 aliphatic heterocycles. The van der Waals surface area contributed by atoms with Gasteiger partial charge in [0.25, 0.3) is 0 Å². The van der Waals surface area contributed by atoms with E-state index >= 15 is 0 Å².